The lowest BCUT2D eigenvalue weighted by Crippen LogP contribution is -2.40. The van der Waals surface area contributed by atoms with Gasteiger partial charge in [-0.1, -0.05) is 78.1 Å². The molecule has 0 aliphatic carbocycles. The maximum Gasteiger partial charge on any atom is 0.338 e. The van der Waals surface area contributed by atoms with Crippen LogP contribution in [0.1, 0.15) is 36.7 Å². The van der Waals surface area contributed by atoms with Crippen LogP contribution in [0.4, 0.5) is 5.69 Å². The molecule has 0 fully saturated rings. The lowest BCUT2D eigenvalue weighted by molar-refractivity contribution is -0.385. The monoisotopic (exact) mass is 578 g/mol. The van der Waals surface area contributed by atoms with Gasteiger partial charge in [-0.3, -0.25) is 19.5 Å². The first kappa shape index (κ1) is 27.1. The molecule has 0 saturated carbocycles. The number of fused-ring (bicyclic) bond motifs is 2. The maximum atomic E-state index is 14.1. The van der Waals surface area contributed by atoms with Crippen molar-refractivity contribution in [2.45, 2.75) is 26.4 Å². The summed E-state index contributed by atoms with van der Waals surface area (Å²) in [6.07, 6.45) is 1.80. The molecule has 1 aliphatic heterocycles. The van der Waals surface area contributed by atoms with Crippen molar-refractivity contribution in [2.75, 3.05) is 6.61 Å². The van der Waals surface area contributed by atoms with Crippen molar-refractivity contribution in [3.63, 3.8) is 0 Å². The summed E-state index contributed by atoms with van der Waals surface area (Å²) in [6, 6.07) is 25.1. The first-order valence-electron chi connectivity index (χ1n) is 13.4. The third-order valence-corrected chi connectivity index (χ3v) is 8.25. The zero-order valence-corrected chi connectivity index (χ0v) is 23.7. The van der Waals surface area contributed by atoms with Gasteiger partial charge in [0.25, 0.3) is 11.2 Å². The molecule has 0 radical (unpaired) electrons. The topological polar surface area (TPSA) is 109 Å². The minimum absolute atomic E-state index is 0.0328. The summed E-state index contributed by atoms with van der Waals surface area (Å²) in [7, 11) is 0. The highest BCUT2D eigenvalue weighted by atomic mass is 32.1. The molecule has 0 bridgehead atoms. The van der Waals surface area contributed by atoms with Crippen LogP contribution in [0.25, 0.3) is 17.0 Å². The molecule has 0 N–H and O–H groups in total. The van der Waals surface area contributed by atoms with Crippen LogP contribution in [-0.4, -0.2) is 26.6 Å². The summed E-state index contributed by atoms with van der Waals surface area (Å²) in [5.74, 6) is -0.508. The number of hydrogen-bond donors (Lipinski definition) is 0. The SMILES string of the molecule is CCOC(=O)C1=C(C)N=c2s/c(=C/c3cc4ccccc4n3Cc3ccccc3[N+](=O)[O-])c(=O)n2[C@@H]1c1ccccc1. The number of carbonyl (C=O) groups excluding carboxylic acids is 1. The zero-order chi connectivity index (χ0) is 29.4. The highest BCUT2D eigenvalue weighted by molar-refractivity contribution is 7.07. The molecular formula is C32H26N4O5S. The van der Waals surface area contributed by atoms with Crippen LogP contribution in [-0.2, 0) is 16.1 Å². The summed E-state index contributed by atoms with van der Waals surface area (Å²) in [5.41, 5.74) is 3.50. The number of para-hydroxylation sites is 2. The van der Waals surface area contributed by atoms with Gasteiger partial charge in [-0.25, -0.2) is 9.79 Å². The molecule has 10 heteroatoms. The predicted molar refractivity (Wildman–Crippen MR) is 161 cm³/mol. The van der Waals surface area contributed by atoms with Gasteiger partial charge in [-0.15, -0.1) is 0 Å². The van der Waals surface area contributed by atoms with Crippen LogP contribution >= 0.6 is 11.3 Å². The lowest BCUT2D eigenvalue weighted by Gasteiger charge is -2.24. The predicted octanol–water partition coefficient (Wildman–Crippen LogP) is 4.71. The van der Waals surface area contributed by atoms with Gasteiger partial charge in [0.15, 0.2) is 4.80 Å². The Hall–Kier alpha value is -5.09. The highest BCUT2D eigenvalue weighted by Gasteiger charge is 2.33. The fraction of sp³-hybridized carbons (Fsp3) is 0.156. The Morgan fingerprint density at radius 3 is 2.55 bits per heavy atom. The number of aromatic nitrogens is 2. The van der Waals surface area contributed by atoms with Crippen molar-refractivity contribution in [1.29, 1.82) is 0 Å². The molecule has 210 valence electrons. The first-order valence-corrected chi connectivity index (χ1v) is 14.2. The molecule has 3 aromatic carbocycles. The van der Waals surface area contributed by atoms with Crippen molar-refractivity contribution >= 4 is 40.0 Å². The summed E-state index contributed by atoms with van der Waals surface area (Å²) >= 11 is 1.24. The van der Waals surface area contributed by atoms with Gasteiger partial charge in [0.1, 0.15) is 0 Å². The van der Waals surface area contributed by atoms with E-state index >= 15 is 0 Å². The van der Waals surface area contributed by atoms with Crippen LogP contribution in [0.15, 0.2) is 106 Å². The molecule has 1 aliphatic rings. The third kappa shape index (κ3) is 4.75. The normalized spacial score (nSPS) is 15.0. The van der Waals surface area contributed by atoms with Gasteiger partial charge in [-0.05, 0) is 37.6 Å². The summed E-state index contributed by atoms with van der Waals surface area (Å²) in [4.78, 5) is 43.6. The van der Waals surface area contributed by atoms with E-state index in [1.807, 2.05) is 65.2 Å². The Kier molecular flexibility index (Phi) is 7.13. The minimum Gasteiger partial charge on any atom is -0.463 e. The molecule has 2 aromatic heterocycles. The number of esters is 1. The number of hydrogen-bond acceptors (Lipinski definition) is 7. The van der Waals surface area contributed by atoms with Gasteiger partial charge in [0.05, 0.1) is 39.9 Å². The molecular weight excluding hydrogens is 552 g/mol. The van der Waals surface area contributed by atoms with E-state index in [0.29, 0.717) is 26.2 Å². The third-order valence-electron chi connectivity index (χ3n) is 7.27. The molecule has 0 spiro atoms. The quantitative estimate of drug-likeness (QED) is 0.158. The Morgan fingerprint density at radius 1 is 1.07 bits per heavy atom. The molecule has 9 nitrogen and oxygen atoms in total. The molecule has 1 atom stereocenters. The first-order chi connectivity index (χ1) is 20.4. The Bertz CT molecular complexity index is 2070. The van der Waals surface area contributed by atoms with Gasteiger partial charge in [-0.2, -0.15) is 0 Å². The van der Waals surface area contributed by atoms with Crippen molar-refractivity contribution < 1.29 is 14.5 Å². The van der Waals surface area contributed by atoms with Crippen LogP contribution in [0.2, 0.25) is 0 Å². The van der Waals surface area contributed by atoms with Crippen LogP contribution in [0.3, 0.4) is 0 Å². The molecule has 5 aromatic rings. The van der Waals surface area contributed by atoms with E-state index in [9.17, 15) is 19.7 Å². The Morgan fingerprint density at radius 2 is 1.79 bits per heavy atom. The van der Waals surface area contributed by atoms with Crippen LogP contribution in [0, 0.1) is 10.1 Å². The van der Waals surface area contributed by atoms with Crippen molar-refractivity contribution in [3.05, 3.63) is 143 Å². The second kappa shape index (κ2) is 11.1. The smallest absolute Gasteiger partial charge is 0.338 e. The Labute approximate surface area is 244 Å². The fourth-order valence-corrected chi connectivity index (χ4v) is 6.43. The number of allylic oxidation sites excluding steroid dienone is 1. The molecule has 3 heterocycles. The average molecular weight is 579 g/mol. The number of nitro groups is 1. The van der Waals surface area contributed by atoms with E-state index in [4.69, 9.17) is 4.74 Å². The summed E-state index contributed by atoms with van der Waals surface area (Å²) in [5, 5.41) is 12.7. The van der Waals surface area contributed by atoms with Crippen LogP contribution < -0.4 is 14.9 Å². The average Bonchev–Trinajstić information content (AvgIpc) is 3.49. The minimum atomic E-state index is -0.693. The molecule has 0 saturated heterocycles. The second-order valence-electron chi connectivity index (χ2n) is 9.81. The summed E-state index contributed by atoms with van der Waals surface area (Å²) in [6.45, 7) is 3.94. The number of benzene rings is 3. The molecule has 6 rings (SSSR count). The van der Waals surface area contributed by atoms with Gasteiger partial charge < -0.3 is 9.30 Å². The van der Waals surface area contributed by atoms with E-state index in [2.05, 4.69) is 4.99 Å². The van der Waals surface area contributed by atoms with Gasteiger partial charge in [0, 0.05) is 28.2 Å². The standard InChI is InChI=1S/C32H26N4O5S/c1-3-41-31(38)28-20(2)33-32-35(29(28)21-11-5-4-6-12-21)30(37)27(42-32)18-24-17-22-13-7-9-15-25(22)34(24)19-23-14-8-10-16-26(23)36(39)40/h4-18,29H,3,19H2,1-2H3/b27-18+/t29-/m1/s1. The van der Waals surface area contributed by atoms with Gasteiger partial charge in [0.2, 0.25) is 0 Å². The zero-order valence-electron chi connectivity index (χ0n) is 22.9. The van der Waals surface area contributed by atoms with Crippen LogP contribution in [0.5, 0.6) is 0 Å². The van der Waals surface area contributed by atoms with E-state index < -0.39 is 12.0 Å². The maximum absolute atomic E-state index is 14.1. The Balaban J connectivity index is 1.55. The number of nitro benzene ring substituents is 1. The van der Waals surface area contributed by atoms with E-state index in [1.54, 1.807) is 42.7 Å². The van der Waals surface area contributed by atoms with E-state index in [1.165, 1.54) is 17.4 Å². The van der Waals surface area contributed by atoms with Crippen molar-refractivity contribution in [2.24, 2.45) is 4.99 Å². The number of ether oxygens (including phenoxy) is 1. The van der Waals surface area contributed by atoms with E-state index in [0.717, 1.165) is 22.2 Å². The molecule has 0 unspecified atom stereocenters. The lowest BCUT2D eigenvalue weighted by atomic mass is 9.96. The molecule has 42 heavy (non-hydrogen) atoms. The second-order valence-corrected chi connectivity index (χ2v) is 10.8. The largest absolute Gasteiger partial charge is 0.463 e. The molecule has 0 amide bonds. The van der Waals surface area contributed by atoms with Gasteiger partial charge >= 0.3 is 5.97 Å². The number of nitrogens with zero attached hydrogens (tertiary/aromatic N) is 4. The van der Waals surface area contributed by atoms with E-state index in [-0.39, 0.29) is 29.3 Å². The summed E-state index contributed by atoms with van der Waals surface area (Å²) < 4.78 is 9.32. The van der Waals surface area contributed by atoms with Crippen molar-refractivity contribution in [1.82, 2.24) is 9.13 Å². The number of thiazole rings is 1. The van der Waals surface area contributed by atoms with Crippen molar-refractivity contribution in [3.8, 4) is 0 Å². The highest BCUT2D eigenvalue weighted by Crippen LogP contribution is 2.31. The fourth-order valence-electron chi connectivity index (χ4n) is 5.40. The number of carbonyl (C=O) groups is 1. The number of rotatable bonds is 7.